The zero-order valence-corrected chi connectivity index (χ0v) is 14.4. The largest absolute Gasteiger partial charge is 0.478 e. The van der Waals surface area contributed by atoms with Gasteiger partial charge in [0.05, 0.1) is 16.5 Å². The minimum absolute atomic E-state index is 0.0876. The Balaban J connectivity index is 1.88. The molecule has 2 aromatic rings. The van der Waals surface area contributed by atoms with Crippen molar-refractivity contribution in [2.75, 3.05) is 4.90 Å². The molecule has 0 radical (unpaired) electrons. The maximum absolute atomic E-state index is 12.7. The number of pyridine rings is 1. The maximum atomic E-state index is 12.7. The van der Waals surface area contributed by atoms with Crippen LogP contribution in [0.4, 0.5) is 14.5 Å². The van der Waals surface area contributed by atoms with Gasteiger partial charge >= 0.3 is 12.6 Å². The van der Waals surface area contributed by atoms with Crippen LogP contribution in [0, 0.1) is 0 Å². The second-order valence-corrected chi connectivity index (χ2v) is 6.58. The van der Waals surface area contributed by atoms with E-state index >= 15 is 0 Å². The molecule has 1 saturated heterocycles. The van der Waals surface area contributed by atoms with E-state index < -0.39 is 29.6 Å². The molecule has 1 aliphatic heterocycles. The van der Waals surface area contributed by atoms with E-state index in [1.54, 1.807) is 0 Å². The van der Waals surface area contributed by atoms with Crippen molar-refractivity contribution in [3.05, 3.63) is 48.2 Å². The third kappa shape index (κ3) is 3.90. The van der Waals surface area contributed by atoms with Crippen molar-refractivity contribution < 1.29 is 33.0 Å². The molecule has 1 unspecified atom stereocenters. The maximum Gasteiger partial charge on any atom is 0.387 e. The van der Waals surface area contributed by atoms with E-state index in [0.717, 1.165) is 16.7 Å². The van der Waals surface area contributed by atoms with Gasteiger partial charge in [-0.1, -0.05) is 23.9 Å². The summed E-state index contributed by atoms with van der Waals surface area (Å²) in [5, 5.41) is 8.37. The molecule has 7 nitrogen and oxygen atoms in total. The molecule has 10 heteroatoms. The van der Waals surface area contributed by atoms with Crippen molar-refractivity contribution in [3.63, 3.8) is 0 Å². The van der Waals surface area contributed by atoms with E-state index in [2.05, 4.69) is 9.72 Å². The van der Waals surface area contributed by atoms with E-state index in [1.165, 1.54) is 42.6 Å². The van der Waals surface area contributed by atoms with Gasteiger partial charge < -0.3 is 9.84 Å². The van der Waals surface area contributed by atoms with Crippen LogP contribution in [-0.2, 0) is 9.59 Å². The fourth-order valence-corrected chi connectivity index (χ4v) is 3.67. The molecule has 1 aliphatic rings. The summed E-state index contributed by atoms with van der Waals surface area (Å²) in [6.45, 7) is -3.12. The lowest BCUT2D eigenvalue weighted by Gasteiger charge is -2.18. The number of hydrogen-bond acceptors (Lipinski definition) is 6. The molecule has 1 atom stereocenters. The molecule has 140 valence electrons. The molecule has 2 amide bonds. The number of benzene rings is 1. The molecule has 1 fully saturated rings. The van der Waals surface area contributed by atoms with Crippen molar-refractivity contribution >= 4 is 35.2 Å². The van der Waals surface area contributed by atoms with Gasteiger partial charge in [-0.25, -0.2) is 14.7 Å². The first kappa shape index (κ1) is 18.8. The number of aromatic nitrogens is 1. The van der Waals surface area contributed by atoms with Crippen LogP contribution in [-0.4, -0.2) is 39.7 Å². The quantitative estimate of drug-likeness (QED) is 0.753. The lowest BCUT2D eigenvalue weighted by atomic mass is 10.2. The topological polar surface area (TPSA) is 96.8 Å². The summed E-state index contributed by atoms with van der Waals surface area (Å²) < 4.78 is 29.6. The van der Waals surface area contributed by atoms with Gasteiger partial charge in [0.2, 0.25) is 11.8 Å². The SMILES string of the molecule is O=C(O)c1cccnc1SC1CC(=O)N(c2ccccc2OC(F)F)C1=O. The van der Waals surface area contributed by atoms with Gasteiger partial charge in [-0.05, 0) is 24.3 Å². The van der Waals surface area contributed by atoms with Gasteiger partial charge in [0.25, 0.3) is 0 Å². The van der Waals surface area contributed by atoms with Gasteiger partial charge in [-0.15, -0.1) is 0 Å². The first-order chi connectivity index (χ1) is 12.9. The second kappa shape index (κ2) is 7.70. The van der Waals surface area contributed by atoms with Gasteiger partial charge in [0, 0.05) is 12.6 Å². The molecule has 0 bridgehead atoms. The van der Waals surface area contributed by atoms with Crippen molar-refractivity contribution in [1.82, 2.24) is 4.98 Å². The molecule has 0 aliphatic carbocycles. The number of carbonyl (C=O) groups is 3. The fourth-order valence-electron chi connectivity index (χ4n) is 2.57. The molecular weight excluding hydrogens is 382 g/mol. The van der Waals surface area contributed by atoms with Crippen molar-refractivity contribution in [1.29, 1.82) is 0 Å². The molecule has 27 heavy (non-hydrogen) atoms. The number of imide groups is 1. The van der Waals surface area contributed by atoms with E-state index in [-0.39, 0.29) is 28.4 Å². The number of amides is 2. The Kier molecular flexibility index (Phi) is 5.36. The molecule has 1 N–H and O–H groups in total. The lowest BCUT2D eigenvalue weighted by molar-refractivity contribution is -0.121. The molecule has 1 aromatic heterocycles. The third-order valence-electron chi connectivity index (χ3n) is 3.68. The van der Waals surface area contributed by atoms with Gasteiger partial charge in [0.1, 0.15) is 10.8 Å². The molecule has 1 aromatic carbocycles. The van der Waals surface area contributed by atoms with Crippen LogP contribution in [0.1, 0.15) is 16.8 Å². The summed E-state index contributed by atoms with van der Waals surface area (Å²) in [6, 6.07) is 8.25. The van der Waals surface area contributed by atoms with Crippen LogP contribution in [0.3, 0.4) is 0 Å². The van der Waals surface area contributed by atoms with Gasteiger partial charge in [0.15, 0.2) is 0 Å². The summed E-state index contributed by atoms with van der Waals surface area (Å²) in [5.41, 5.74) is -0.182. The predicted molar refractivity (Wildman–Crippen MR) is 91.0 cm³/mol. The normalized spacial score (nSPS) is 16.9. The number of anilines is 1. The third-order valence-corrected chi connectivity index (χ3v) is 4.88. The first-order valence-corrected chi connectivity index (χ1v) is 8.52. The van der Waals surface area contributed by atoms with Gasteiger partial charge in [-0.3, -0.25) is 9.59 Å². The Hall–Kier alpha value is -3.01. The number of halogens is 2. The Morgan fingerprint density at radius 2 is 2.00 bits per heavy atom. The molecule has 3 rings (SSSR count). The van der Waals surface area contributed by atoms with Gasteiger partial charge in [-0.2, -0.15) is 8.78 Å². The summed E-state index contributed by atoms with van der Waals surface area (Å²) >= 11 is 0.843. The fraction of sp³-hybridized carbons (Fsp3) is 0.176. The van der Waals surface area contributed by atoms with Crippen LogP contribution in [0.2, 0.25) is 0 Å². The Bertz CT molecular complexity index is 908. The van der Waals surface area contributed by atoms with Crippen LogP contribution in [0.25, 0.3) is 0 Å². The highest BCUT2D eigenvalue weighted by Crippen LogP contribution is 2.38. The molecule has 2 heterocycles. The predicted octanol–water partition coefficient (Wildman–Crippen LogP) is 2.81. The molecule has 0 saturated carbocycles. The monoisotopic (exact) mass is 394 g/mol. The van der Waals surface area contributed by atoms with E-state index in [4.69, 9.17) is 0 Å². The number of carboxylic acids is 1. The van der Waals surface area contributed by atoms with E-state index in [9.17, 15) is 28.3 Å². The van der Waals surface area contributed by atoms with Crippen molar-refractivity contribution in [3.8, 4) is 5.75 Å². The smallest absolute Gasteiger partial charge is 0.387 e. The van der Waals surface area contributed by atoms with Crippen LogP contribution in [0.15, 0.2) is 47.6 Å². The van der Waals surface area contributed by atoms with E-state index in [0.29, 0.717) is 0 Å². The lowest BCUT2D eigenvalue weighted by Crippen LogP contribution is -2.31. The summed E-state index contributed by atoms with van der Waals surface area (Å²) in [4.78, 5) is 41.1. The Morgan fingerprint density at radius 1 is 1.26 bits per heavy atom. The standard InChI is InChI=1S/C17H12F2N2O5S/c18-17(19)26-11-6-2-1-5-10(11)21-13(22)8-12(15(21)23)27-14-9(16(24)25)4-3-7-20-14/h1-7,12,17H,8H2,(H,24,25). The summed E-state index contributed by atoms with van der Waals surface area (Å²) in [7, 11) is 0. The molecule has 0 spiro atoms. The number of nitrogens with zero attached hydrogens (tertiary/aromatic N) is 2. The summed E-state index contributed by atoms with van der Waals surface area (Å²) in [6.07, 6.45) is 1.15. The number of rotatable bonds is 6. The number of para-hydroxylation sites is 2. The average Bonchev–Trinajstić information content (AvgIpc) is 2.89. The van der Waals surface area contributed by atoms with Crippen LogP contribution >= 0.6 is 11.8 Å². The highest BCUT2D eigenvalue weighted by atomic mass is 32.2. The molecular formula is C17H12F2N2O5S. The van der Waals surface area contributed by atoms with Crippen molar-refractivity contribution in [2.45, 2.75) is 23.3 Å². The number of ether oxygens (including phenoxy) is 1. The minimum Gasteiger partial charge on any atom is -0.478 e. The van der Waals surface area contributed by atoms with Crippen LogP contribution < -0.4 is 9.64 Å². The Morgan fingerprint density at radius 3 is 2.70 bits per heavy atom. The highest BCUT2D eigenvalue weighted by molar-refractivity contribution is 8.00. The minimum atomic E-state index is -3.12. The highest BCUT2D eigenvalue weighted by Gasteiger charge is 2.42. The number of carbonyl (C=O) groups excluding carboxylic acids is 2. The Labute approximate surface area is 155 Å². The number of hydrogen-bond donors (Lipinski definition) is 1. The number of carboxylic acid groups (broad SMARTS) is 1. The zero-order valence-electron chi connectivity index (χ0n) is 13.5. The van der Waals surface area contributed by atoms with Crippen molar-refractivity contribution in [2.24, 2.45) is 0 Å². The number of thioether (sulfide) groups is 1. The average molecular weight is 394 g/mol. The van der Waals surface area contributed by atoms with E-state index in [1.807, 2.05) is 0 Å². The second-order valence-electron chi connectivity index (χ2n) is 5.39. The zero-order chi connectivity index (χ0) is 19.6. The summed E-state index contributed by atoms with van der Waals surface area (Å²) in [5.74, 6) is -2.77. The number of alkyl halides is 2. The number of aromatic carboxylic acids is 1. The van der Waals surface area contributed by atoms with Crippen LogP contribution in [0.5, 0.6) is 5.75 Å². The first-order valence-electron chi connectivity index (χ1n) is 7.64.